The van der Waals surface area contributed by atoms with E-state index in [-0.39, 0.29) is 5.91 Å². The standard InChI is InChI=1S/C19H25N3O2/c1-13(23)21-17-10-9-15-16(11-12-20-18(15)19(17)24-2)22-14-7-5-3-4-6-8-14/h9-12,14H,3-8H2,1-2H3,(H,20,22)(H,21,23). The highest BCUT2D eigenvalue weighted by Gasteiger charge is 2.16. The van der Waals surface area contributed by atoms with E-state index in [9.17, 15) is 4.79 Å². The first kappa shape index (κ1) is 16.6. The summed E-state index contributed by atoms with van der Waals surface area (Å²) >= 11 is 0. The number of pyridine rings is 1. The molecule has 5 heteroatoms. The van der Waals surface area contributed by atoms with Crippen LogP contribution >= 0.6 is 0 Å². The van der Waals surface area contributed by atoms with Crippen molar-refractivity contribution < 1.29 is 9.53 Å². The van der Waals surface area contributed by atoms with Gasteiger partial charge in [0.1, 0.15) is 5.52 Å². The van der Waals surface area contributed by atoms with Crippen molar-refractivity contribution in [3.05, 3.63) is 24.4 Å². The number of carbonyl (C=O) groups is 1. The number of nitrogens with one attached hydrogen (secondary N) is 2. The molecule has 1 fully saturated rings. The zero-order valence-electron chi connectivity index (χ0n) is 14.4. The van der Waals surface area contributed by atoms with Crippen LogP contribution in [0, 0.1) is 0 Å². The maximum absolute atomic E-state index is 11.4. The molecule has 0 bridgehead atoms. The van der Waals surface area contributed by atoms with Gasteiger partial charge in [0, 0.05) is 30.2 Å². The zero-order valence-corrected chi connectivity index (χ0v) is 14.4. The molecule has 0 unspecified atom stereocenters. The first-order chi connectivity index (χ1) is 11.7. The summed E-state index contributed by atoms with van der Waals surface area (Å²) in [6, 6.07) is 6.40. The van der Waals surface area contributed by atoms with E-state index < -0.39 is 0 Å². The number of hydrogen-bond acceptors (Lipinski definition) is 4. The number of aromatic nitrogens is 1. The van der Waals surface area contributed by atoms with Crippen LogP contribution in [0.15, 0.2) is 24.4 Å². The summed E-state index contributed by atoms with van der Waals surface area (Å²) in [5.74, 6) is 0.479. The normalized spacial score (nSPS) is 15.8. The third-order valence-corrected chi connectivity index (χ3v) is 4.60. The molecule has 24 heavy (non-hydrogen) atoms. The Morgan fingerprint density at radius 1 is 1.12 bits per heavy atom. The van der Waals surface area contributed by atoms with E-state index in [1.807, 2.05) is 18.2 Å². The molecule has 1 amide bonds. The van der Waals surface area contributed by atoms with Gasteiger partial charge >= 0.3 is 0 Å². The highest BCUT2D eigenvalue weighted by molar-refractivity contribution is 6.01. The van der Waals surface area contributed by atoms with Gasteiger partial charge in [-0.15, -0.1) is 0 Å². The second-order valence-electron chi connectivity index (χ2n) is 6.42. The number of carbonyl (C=O) groups excluding carboxylic acids is 1. The van der Waals surface area contributed by atoms with E-state index in [2.05, 4.69) is 15.6 Å². The van der Waals surface area contributed by atoms with E-state index in [0.29, 0.717) is 17.5 Å². The number of nitrogens with zero attached hydrogens (tertiary/aromatic N) is 1. The number of rotatable bonds is 4. The summed E-state index contributed by atoms with van der Waals surface area (Å²) < 4.78 is 5.52. The van der Waals surface area contributed by atoms with Gasteiger partial charge in [-0.25, -0.2) is 0 Å². The molecule has 1 saturated carbocycles. The Hall–Kier alpha value is -2.30. The quantitative estimate of drug-likeness (QED) is 0.820. The maximum atomic E-state index is 11.4. The smallest absolute Gasteiger partial charge is 0.221 e. The Kier molecular flexibility index (Phi) is 5.18. The molecule has 2 N–H and O–H groups in total. The minimum Gasteiger partial charge on any atom is -0.492 e. The van der Waals surface area contributed by atoms with Crippen molar-refractivity contribution in [1.29, 1.82) is 0 Å². The Morgan fingerprint density at radius 3 is 2.54 bits per heavy atom. The second kappa shape index (κ2) is 7.51. The molecular weight excluding hydrogens is 302 g/mol. The van der Waals surface area contributed by atoms with Crippen molar-refractivity contribution in [2.75, 3.05) is 17.7 Å². The van der Waals surface area contributed by atoms with Crippen molar-refractivity contribution in [2.24, 2.45) is 0 Å². The van der Waals surface area contributed by atoms with Crippen LogP contribution < -0.4 is 15.4 Å². The summed E-state index contributed by atoms with van der Waals surface area (Å²) in [4.78, 5) is 15.9. The van der Waals surface area contributed by atoms with E-state index in [0.717, 1.165) is 16.6 Å². The van der Waals surface area contributed by atoms with Gasteiger partial charge in [-0.2, -0.15) is 0 Å². The summed E-state index contributed by atoms with van der Waals surface area (Å²) in [5, 5.41) is 7.51. The van der Waals surface area contributed by atoms with E-state index in [1.165, 1.54) is 45.4 Å². The highest BCUT2D eigenvalue weighted by atomic mass is 16.5. The van der Waals surface area contributed by atoms with Crippen LogP contribution in [0.5, 0.6) is 5.75 Å². The molecule has 0 atom stereocenters. The van der Waals surface area contributed by atoms with Gasteiger partial charge in [0.2, 0.25) is 5.91 Å². The molecule has 128 valence electrons. The fourth-order valence-electron chi connectivity index (χ4n) is 3.46. The van der Waals surface area contributed by atoms with Gasteiger partial charge in [0.05, 0.1) is 12.8 Å². The fraction of sp³-hybridized carbons (Fsp3) is 0.474. The van der Waals surface area contributed by atoms with E-state index in [4.69, 9.17) is 4.74 Å². The Labute approximate surface area is 142 Å². The molecule has 0 saturated heterocycles. The SMILES string of the molecule is COc1c(NC(C)=O)ccc2c(NC3CCCCCC3)ccnc12. The van der Waals surface area contributed by atoms with E-state index >= 15 is 0 Å². The van der Waals surface area contributed by atoms with Gasteiger partial charge in [-0.1, -0.05) is 25.7 Å². The number of hydrogen-bond donors (Lipinski definition) is 2. The first-order valence-corrected chi connectivity index (χ1v) is 8.69. The lowest BCUT2D eigenvalue weighted by Gasteiger charge is -2.20. The number of fused-ring (bicyclic) bond motifs is 1. The van der Waals surface area contributed by atoms with Crippen LogP contribution in [0.2, 0.25) is 0 Å². The summed E-state index contributed by atoms with van der Waals surface area (Å²) in [7, 11) is 1.60. The maximum Gasteiger partial charge on any atom is 0.221 e. The Bertz CT molecular complexity index is 722. The lowest BCUT2D eigenvalue weighted by atomic mass is 10.1. The van der Waals surface area contributed by atoms with Crippen LogP contribution in [0.25, 0.3) is 10.9 Å². The molecular formula is C19H25N3O2. The van der Waals surface area contributed by atoms with Crippen molar-refractivity contribution in [3.63, 3.8) is 0 Å². The summed E-state index contributed by atoms with van der Waals surface area (Å²) in [6.45, 7) is 1.49. The minimum atomic E-state index is -0.125. The monoisotopic (exact) mass is 327 g/mol. The lowest BCUT2D eigenvalue weighted by Crippen LogP contribution is -2.18. The lowest BCUT2D eigenvalue weighted by molar-refractivity contribution is -0.114. The zero-order chi connectivity index (χ0) is 16.9. The molecule has 2 aromatic rings. The minimum absolute atomic E-state index is 0.125. The molecule has 1 aliphatic carbocycles. The van der Waals surface area contributed by atoms with Crippen LogP contribution in [-0.4, -0.2) is 24.0 Å². The molecule has 1 aromatic carbocycles. The van der Waals surface area contributed by atoms with Crippen molar-refractivity contribution in [1.82, 2.24) is 4.98 Å². The van der Waals surface area contributed by atoms with Gasteiger partial charge in [0.15, 0.2) is 5.75 Å². The van der Waals surface area contributed by atoms with Crippen LogP contribution in [0.3, 0.4) is 0 Å². The van der Waals surface area contributed by atoms with Gasteiger partial charge < -0.3 is 15.4 Å². The number of ether oxygens (including phenoxy) is 1. The predicted molar refractivity (Wildman–Crippen MR) is 97.7 cm³/mol. The molecule has 1 aromatic heterocycles. The van der Waals surface area contributed by atoms with Crippen LogP contribution in [0.1, 0.15) is 45.4 Å². The molecule has 3 rings (SSSR count). The third-order valence-electron chi connectivity index (χ3n) is 4.60. The number of benzene rings is 1. The number of amides is 1. The third kappa shape index (κ3) is 3.61. The van der Waals surface area contributed by atoms with Gasteiger partial charge in [0.25, 0.3) is 0 Å². The number of methoxy groups -OCH3 is 1. The summed E-state index contributed by atoms with van der Waals surface area (Å²) in [6.07, 6.45) is 9.47. The van der Waals surface area contributed by atoms with Gasteiger partial charge in [-0.3, -0.25) is 9.78 Å². The van der Waals surface area contributed by atoms with E-state index in [1.54, 1.807) is 13.3 Å². The summed E-state index contributed by atoms with van der Waals surface area (Å²) in [5.41, 5.74) is 2.50. The van der Waals surface area contributed by atoms with Gasteiger partial charge in [-0.05, 0) is 31.0 Å². The molecule has 1 aliphatic rings. The number of anilines is 2. The molecule has 0 radical (unpaired) electrons. The second-order valence-corrected chi connectivity index (χ2v) is 6.42. The van der Waals surface area contributed by atoms with Crippen molar-refractivity contribution in [3.8, 4) is 5.75 Å². The Balaban J connectivity index is 1.96. The predicted octanol–water partition coefficient (Wildman–Crippen LogP) is 4.34. The van der Waals surface area contributed by atoms with Crippen molar-refractivity contribution >= 4 is 28.2 Å². The average molecular weight is 327 g/mol. The molecule has 1 heterocycles. The largest absolute Gasteiger partial charge is 0.492 e. The van der Waals surface area contributed by atoms with Crippen molar-refractivity contribution in [2.45, 2.75) is 51.5 Å². The highest BCUT2D eigenvalue weighted by Crippen LogP contribution is 2.36. The topological polar surface area (TPSA) is 63.2 Å². The molecule has 0 aliphatic heterocycles. The Morgan fingerprint density at radius 2 is 1.88 bits per heavy atom. The van der Waals surface area contributed by atoms with Crippen LogP contribution in [-0.2, 0) is 4.79 Å². The first-order valence-electron chi connectivity index (χ1n) is 8.69. The average Bonchev–Trinajstić information content (AvgIpc) is 2.83. The van der Waals surface area contributed by atoms with Crippen LogP contribution in [0.4, 0.5) is 11.4 Å². The molecule has 0 spiro atoms. The fourth-order valence-corrected chi connectivity index (χ4v) is 3.46. The molecule has 5 nitrogen and oxygen atoms in total.